The first-order valence-corrected chi connectivity index (χ1v) is 10.4. The van der Waals surface area contributed by atoms with Crippen molar-refractivity contribution >= 4 is 28.7 Å². The Morgan fingerprint density at radius 2 is 1.65 bits per heavy atom. The van der Waals surface area contributed by atoms with Crippen LogP contribution in [0.1, 0.15) is 30.5 Å². The molecule has 0 saturated carbocycles. The molecule has 3 aromatic rings. The van der Waals surface area contributed by atoms with Gasteiger partial charge in [-0.1, -0.05) is 18.2 Å². The van der Waals surface area contributed by atoms with Gasteiger partial charge in [-0.15, -0.1) is 0 Å². The molecule has 0 aliphatic carbocycles. The van der Waals surface area contributed by atoms with E-state index in [-0.39, 0.29) is 5.69 Å². The lowest BCUT2D eigenvalue weighted by atomic mass is 10.0. The maximum atomic E-state index is 13.2. The third-order valence-electron chi connectivity index (χ3n) is 5.20. The number of anilines is 4. The smallest absolute Gasteiger partial charge is 0.399 e. The van der Waals surface area contributed by atoms with Crippen LogP contribution >= 0.6 is 0 Å². The lowest BCUT2D eigenvalue weighted by Crippen LogP contribution is -2.49. The number of amides is 1. The van der Waals surface area contributed by atoms with Crippen LogP contribution in [-0.4, -0.2) is 11.4 Å². The zero-order chi connectivity index (χ0) is 24.9. The van der Waals surface area contributed by atoms with E-state index in [1.165, 1.54) is 12.1 Å². The van der Waals surface area contributed by atoms with Crippen molar-refractivity contribution in [2.45, 2.75) is 32.1 Å². The molecule has 6 nitrogen and oxygen atoms in total. The summed E-state index contributed by atoms with van der Waals surface area (Å²) in [4.78, 5) is 12.8. The molecule has 0 saturated heterocycles. The van der Waals surface area contributed by atoms with Gasteiger partial charge in [0.05, 0.1) is 22.7 Å². The van der Waals surface area contributed by atoms with Crippen molar-refractivity contribution in [1.29, 1.82) is 5.26 Å². The highest BCUT2D eigenvalue weighted by atomic mass is 19.4. The predicted molar refractivity (Wildman–Crippen MR) is 126 cm³/mol. The highest BCUT2D eigenvalue weighted by molar-refractivity contribution is 5.97. The first-order chi connectivity index (χ1) is 16.0. The number of hydrogen-bond donors (Lipinski definition) is 4. The number of nitrogen functional groups attached to an aromatic ring is 1. The van der Waals surface area contributed by atoms with Crippen molar-refractivity contribution < 1.29 is 18.0 Å². The summed E-state index contributed by atoms with van der Waals surface area (Å²) in [6.07, 6.45) is -4.71. The van der Waals surface area contributed by atoms with E-state index >= 15 is 0 Å². The quantitative estimate of drug-likeness (QED) is 0.348. The molecule has 0 spiro atoms. The average Bonchev–Trinajstić information content (AvgIpc) is 2.79. The largest absolute Gasteiger partial charge is 0.417 e. The molecule has 0 radical (unpaired) electrons. The molecule has 0 aliphatic heterocycles. The van der Waals surface area contributed by atoms with Crippen LogP contribution < -0.4 is 21.7 Å². The number of rotatable bonds is 7. The SMILES string of the molecule is CC(C)(NCc1ccccc1Nc1ccc(N)cc1)C(=O)Nc1ccc(C#N)c(C(F)(F)F)c1. The summed E-state index contributed by atoms with van der Waals surface area (Å²) in [7, 11) is 0. The van der Waals surface area contributed by atoms with E-state index in [9.17, 15) is 18.0 Å². The minimum absolute atomic E-state index is 0.0448. The Balaban J connectivity index is 1.71. The minimum Gasteiger partial charge on any atom is -0.399 e. The number of nitrogens with one attached hydrogen (secondary N) is 3. The van der Waals surface area contributed by atoms with Gasteiger partial charge in [0, 0.05) is 29.3 Å². The molecular weight excluding hydrogens is 443 g/mol. The number of nitrogens with two attached hydrogens (primary N) is 1. The molecule has 34 heavy (non-hydrogen) atoms. The topological polar surface area (TPSA) is 103 Å². The fraction of sp³-hybridized carbons (Fsp3) is 0.200. The van der Waals surface area contributed by atoms with Crippen molar-refractivity contribution in [3.05, 3.63) is 83.4 Å². The lowest BCUT2D eigenvalue weighted by molar-refractivity contribution is -0.137. The monoisotopic (exact) mass is 467 g/mol. The number of halogens is 3. The maximum absolute atomic E-state index is 13.2. The van der Waals surface area contributed by atoms with Crippen molar-refractivity contribution in [1.82, 2.24) is 5.32 Å². The Morgan fingerprint density at radius 1 is 1.00 bits per heavy atom. The van der Waals surface area contributed by atoms with Crippen molar-refractivity contribution in [3.8, 4) is 6.07 Å². The summed E-state index contributed by atoms with van der Waals surface area (Å²) < 4.78 is 39.7. The molecule has 3 rings (SSSR count). The van der Waals surface area contributed by atoms with E-state index in [2.05, 4.69) is 16.0 Å². The lowest BCUT2D eigenvalue weighted by Gasteiger charge is -2.26. The third kappa shape index (κ3) is 6.05. The molecule has 5 N–H and O–H groups in total. The van der Waals surface area contributed by atoms with E-state index in [1.807, 2.05) is 36.4 Å². The second-order valence-electron chi connectivity index (χ2n) is 8.21. The molecule has 0 aliphatic rings. The van der Waals surface area contributed by atoms with Gasteiger partial charge in [0.25, 0.3) is 0 Å². The Hall–Kier alpha value is -4.03. The Kier molecular flexibility index (Phi) is 7.13. The fourth-order valence-electron chi connectivity index (χ4n) is 3.16. The normalized spacial score (nSPS) is 11.5. The fourth-order valence-corrected chi connectivity index (χ4v) is 3.16. The Bertz CT molecular complexity index is 1210. The van der Waals surface area contributed by atoms with Crippen molar-refractivity contribution in [2.24, 2.45) is 0 Å². The average molecular weight is 467 g/mol. The second-order valence-corrected chi connectivity index (χ2v) is 8.21. The van der Waals surface area contributed by atoms with Gasteiger partial charge in [-0.05, 0) is 67.9 Å². The maximum Gasteiger partial charge on any atom is 0.417 e. The van der Waals surface area contributed by atoms with Gasteiger partial charge < -0.3 is 16.4 Å². The highest BCUT2D eigenvalue weighted by Crippen LogP contribution is 2.33. The van der Waals surface area contributed by atoms with Gasteiger partial charge in [-0.2, -0.15) is 18.4 Å². The summed E-state index contributed by atoms with van der Waals surface area (Å²) in [5.41, 5.74) is 6.19. The van der Waals surface area contributed by atoms with E-state index < -0.39 is 28.7 Å². The van der Waals surface area contributed by atoms with Gasteiger partial charge in [0.2, 0.25) is 5.91 Å². The van der Waals surface area contributed by atoms with Crippen LogP contribution in [0.2, 0.25) is 0 Å². The summed E-state index contributed by atoms with van der Waals surface area (Å²) in [5, 5.41) is 17.9. The summed E-state index contributed by atoms with van der Waals surface area (Å²) in [5.74, 6) is -0.519. The van der Waals surface area contributed by atoms with Crippen LogP contribution in [0.5, 0.6) is 0 Å². The molecule has 0 heterocycles. The molecule has 1 amide bonds. The minimum atomic E-state index is -4.71. The van der Waals surface area contributed by atoms with Gasteiger partial charge >= 0.3 is 6.18 Å². The van der Waals surface area contributed by atoms with Gasteiger partial charge in [0.15, 0.2) is 0 Å². The second kappa shape index (κ2) is 9.85. The number of benzene rings is 3. The van der Waals surface area contributed by atoms with Crippen LogP contribution in [0.25, 0.3) is 0 Å². The van der Waals surface area contributed by atoms with E-state index in [4.69, 9.17) is 11.0 Å². The van der Waals surface area contributed by atoms with Crippen LogP contribution in [0.4, 0.5) is 35.9 Å². The van der Waals surface area contributed by atoms with Crippen LogP contribution in [-0.2, 0) is 17.5 Å². The first-order valence-electron chi connectivity index (χ1n) is 10.4. The summed E-state index contributed by atoms with van der Waals surface area (Å²) in [6, 6.07) is 19.4. The van der Waals surface area contributed by atoms with Gasteiger partial charge in [-0.3, -0.25) is 10.1 Å². The molecule has 0 fully saturated rings. The Labute approximate surface area is 195 Å². The van der Waals surface area contributed by atoms with E-state index in [0.717, 1.165) is 29.1 Å². The highest BCUT2D eigenvalue weighted by Gasteiger charge is 2.34. The standard InChI is InChI=1S/C25H24F3N5O/c1-24(2,23(34)33-20-10-7-16(14-29)21(13-20)25(26,27)28)31-15-17-5-3-4-6-22(17)32-19-11-8-18(30)9-12-19/h3-13,31-32H,15,30H2,1-2H3,(H,33,34). The van der Waals surface area contributed by atoms with Gasteiger partial charge in [-0.25, -0.2) is 0 Å². The molecule has 176 valence electrons. The number of alkyl halides is 3. The van der Waals surface area contributed by atoms with Crippen molar-refractivity contribution in [2.75, 3.05) is 16.4 Å². The molecule has 3 aromatic carbocycles. The number of para-hydroxylation sites is 1. The van der Waals surface area contributed by atoms with Gasteiger partial charge in [0.1, 0.15) is 0 Å². The molecule has 9 heteroatoms. The van der Waals surface area contributed by atoms with Crippen LogP contribution in [0, 0.1) is 11.3 Å². The number of carbonyl (C=O) groups is 1. The van der Waals surface area contributed by atoms with Crippen LogP contribution in [0.15, 0.2) is 66.7 Å². The molecular formula is C25H24F3N5O. The molecule has 0 aromatic heterocycles. The number of carbonyl (C=O) groups excluding carboxylic acids is 1. The third-order valence-corrected chi connectivity index (χ3v) is 5.20. The molecule has 0 bridgehead atoms. The number of nitrogens with zero attached hydrogens (tertiary/aromatic N) is 1. The predicted octanol–water partition coefficient (Wildman–Crippen LogP) is 5.41. The molecule has 0 unspecified atom stereocenters. The zero-order valence-corrected chi connectivity index (χ0v) is 18.6. The van der Waals surface area contributed by atoms with Crippen LogP contribution in [0.3, 0.4) is 0 Å². The molecule has 0 atom stereocenters. The van der Waals surface area contributed by atoms with Crippen molar-refractivity contribution in [3.63, 3.8) is 0 Å². The zero-order valence-electron chi connectivity index (χ0n) is 18.6. The number of nitriles is 1. The summed E-state index contributed by atoms with van der Waals surface area (Å²) in [6.45, 7) is 3.58. The Morgan fingerprint density at radius 3 is 2.29 bits per heavy atom. The summed E-state index contributed by atoms with van der Waals surface area (Å²) >= 11 is 0. The van der Waals surface area contributed by atoms with E-state index in [0.29, 0.717) is 12.2 Å². The first kappa shape index (κ1) is 24.6. The number of hydrogen-bond acceptors (Lipinski definition) is 5. The van der Waals surface area contributed by atoms with E-state index in [1.54, 1.807) is 26.0 Å².